The Bertz CT molecular complexity index is 1040. The number of carbonyl (C=O) groups excluding carboxylic acids is 3. The molecule has 30 heavy (non-hydrogen) atoms. The van der Waals surface area contributed by atoms with Gasteiger partial charge in [0.25, 0.3) is 11.6 Å². The van der Waals surface area contributed by atoms with E-state index in [1.54, 1.807) is 30.3 Å². The number of benzene rings is 2. The highest BCUT2D eigenvalue weighted by atomic mass is 35.5. The van der Waals surface area contributed by atoms with E-state index >= 15 is 0 Å². The van der Waals surface area contributed by atoms with Crippen molar-refractivity contribution in [2.45, 2.75) is 12.8 Å². The van der Waals surface area contributed by atoms with Crippen molar-refractivity contribution in [3.63, 3.8) is 0 Å². The number of ether oxygens (including phenoxy) is 1. The Morgan fingerprint density at radius 1 is 1.20 bits per heavy atom. The normalized spacial score (nSPS) is 13.4. The zero-order chi connectivity index (χ0) is 21.7. The fourth-order valence-electron chi connectivity index (χ4n) is 2.59. The molecule has 0 bridgehead atoms. The van der Waals surface area contributed by atoms with Crippen LogP contribution in [-0.2, 0) is 19.1 Å². The summed E-state index contributed by atoms with van der Waals surface area (Å²) in [7, 11) is 0. The van der Waals surface area contributed by atoms with Crippen molar-refractivity contribution >= 4 is 52.2 Å². The van der Waals surface area contributed by atoms with E-state index in [0.29, 0.717) is 5.69 Å². The number of nitro groups is 1. The number of nitro benzene ring substituents is 1. The molecular formula is C19H15ClN4O6. The van der Waals surface area contributed by atoms with Crippen LogP contribution in [0.15, 0.2) is 53.6 Å². The van der Waals surface area contributed by atoms with Gasteiger partial charge in [-0.3, -0.25) is 19.7 Å². The molecule has 154 valence electrons. The van der Waals surface area contributed by atoms with Gasteiger partial charge in [0, 0.05) is 25.0 Å². The average Bonchev–Trinajstić information content (AvgIpc) is 2.74. The molecular weight excluding hydrogens is 416 g/mol. The lowest BCUT2D eigenvalue weighted by atomic mass is 10.1. The number of carbonyl (C=O) groups is 3. The molecule has 3 rings (SSSR count). The number of para-hydroxylation sites is 1. The minimum Gasteiger partial charge on any atom is -0.451 e. The lowest BCUT2D eigenvalue weighted by molar-refractivity contribution is -0.384. The van der Waals surface area contributed by atoms with Gasteiger partial charge in [0.2, 0.25) is 5.91 Å². The van der Waals surface area contributed by atoms with E-state index in [9.17, 15) is 24.5 Å². The quantitative estimate of drug-likeness (QED) is 0.426. The number of amides is 2. The largest absolute Gasteiger partial charge is 0.451 e. The Morgan fingerprint density at radius 3 is 2.60 bits per heavy atom. The Kier molecular flexibility index (Phi) is 6.38. The molecule has 1 aliphatic rings. The number of non-ortho nitro benzene ring substituents is 1. The third-order valence-electron chi connectivity index (χ3n) is 4.04. The third kappa shape index (κ3) is 4.97. The Hall–Kier alpha value is -3.79. The molecule has 2 amide bonds. The standard InChI is InChI=1S/C19H15ClN4O6/c20-14-10-13(24(28)29)6-7-15(14)21-17(25)11-30-19(27)16-8-9-18(26)23(22-16)12-4-2-1-3-5-12/h1-7,10H,8-9,11H2,(H,21,25). The molecule has 11 heteroatoms. The molecule has 1 heterocycles. The summed E-state index contributed by atoms with van der Waals surface area (Å²) in [4.78, 5) is 46.5. The number of hydrogen-bond acceptors (Lipinski definition) is 7. The van der Waals surface area contributed by atoms with Crippen LogP contribution in [0.2, 0.25) is 5.02 Å². The molecule has 0 fully saturated rings. The fraction of sp³-hybridized carbons (Fsp3) is 0.158. The van der Waals surface area contributed by atoms with Crippen LogP contribution < -0.4 is 10.3 Å². The second-order valence-corrected chi connectivity index (χ2v) is 6.54. The smallest absolute Gasteiger partial charge is 0.355 e. The molecule has 2 aromatic rings. The number of nitrogens with one attached hydrogen (secondary N) is 1. The average molecular weight is 431 g/mol. The number of esters is 1. The van der Waals surface area contributed by atoms with Crippen molar-refractivity contribution in [2.24, 2.45) is 5.10 Å². The number of rotatable bonds is 6. The lowest BCUT2D eigenvalue weighted by Gasteiger charge is -2.22. The molecule has 0 aromatic heterocycles. The highest BCUT2D eigenvalue weighted by Crippen LogP contribution is 2.26. The van der Waals surface area contributed by atoms with E-state index in [4.69, 9.17) is 16.3 Å². The number of halogens is 1. The summed E-state index contributed by atoms with van der Waals surface area (Å²) in [6.07, 6.45) is 0.171. The van der Waals surface area contributed by atoms with E-state index in [-0.39, 0.29) is 40.9 Å². The molecule has 2 aromatic carbocycles. The molecule has 10 nitrogen and oxygen atoms in total. The summed E-state index contributed by atoms with van der Waals surface area (Å²) < 4.78 is 4.97. The molecule has 0 saturated carbocycles. The van der Waals surface area contributed by atoms with Gasteiger partial charge in [-0.1, -0.05) is 29.8 Å². The first kappa shape index (κ1) is 20.9. The van der Waals surface area contributed by atoms with Crippen LogP contribution in [0.4, 0.5) is 17.1 Å². The van der Waals surface area contributed by atoms with Crippen LogP contribution in [0.1, 0.15) is 12.8 Å². The first-order chi connectivity index (χ1) is 14.3. The molecule has 1 aliphatic heterocycles. The predicted octanol–water partition coefficient (Wildman–Crippen LogP) is 2.91. The molecule has 0 radical (unpaired) electrons. The van der Waals surface area contributed by atoms with Crippen molar-refractivity contribution in [1.29, 1.82) is 0 Å². The molecule has 0 saturated heterocycles. The highest BCUT2D eigenvalue weighted by molar-refractivity contribution is 6.38. The third-order valence-corrected chi connectivity index (χ3v) is 4.35. The summed E-state index contributed by atoms with van der Waals surface area (Å²) >= 11 is 5.91. The maximum Gasteiger partial charge on any atom is 0.355 e. The van der Waals surface area contributed by atoms with E-state index in [1.165, 1.54) is 12.1 Å². The zero-order valence-corrected chi connectivity index (χ0v) is 16.2. The Morgan fingerprint density at radius 2 is 1.93 bits per heavy atom. The first-order valence-electron chi connectivity index (χ1n) is 8.71. The van der Waals surface area contributed by atoms with Gasteiger partial charge in [0.05, 0.1) is 21.3 Å². The van der Waals surface area contributed by atoms with Gasteiger partial charge < -0.3 is 10.1 Å². The van der Waals surface area contributed by atoms with Crippen LogP contribution in [0.25, 0.3) is 0 Å². The topological polar surface area (TPSA) is 131 Å². The molecule has 0 atom stereocenters. The van der Waals surface area contributed by atoms with E-state index in [2.05, 4.69) is 10.4 Å². The van der Waals surface area contributed by atoms with Crippen LogP contribution in [0.3, 0.4) is 0 Å². The zero-order valence-electron chi connectivity index (χ0n) is 15.4. The van der Waals surface area contributed by atoms with E-state index in [0.717, 1.165) is 11.1 Å². The van der Waals surface area contributed by atoms with Crippen LogP contribution in [-0.4, -0.2) is 35.0 Å². The van der Waals surface area contributed by atoms with Crippen LogP contribution in [0, 0.1) is 10.1 Å². The van der Waals surface area contributed by atoms with Crippen molar-refractivity contribution in [3.8, 4) is 0 Å². The van der Waals surface area contributed by atoms with Gasteiger partial charge >= 0.3 is 5.97 Å². The van der Waals surface area contributed by atoms with Crippen molar-refractivity contribution in [3.05, 3.63) is 63.7 Å². The fourth-order valence-corrected chi connectivity index (χ4v) is 2.81. The van der Waals surface area contributed by atoms with Gasteiger partial charge in [-0.25, -0.2) is 9.80 Å². The van der Waals surface area contributed by atoms with Crippen molar-refractivity contribution in [1.82, 2.24) is 0 Å². The summed E-state index contributed by atoms with van der Waals surface area (Å²) in [5, 5.41) is 18.3. The maximum atomic E-state index is 12.3. The monoisotopic (exact) mass is 430 g/mol. The molecule has 0 aliphatic carbocycles. The Balaban J connectivity index is 1.60. The SMILES string of the molecule is O=C(COC(=O)C1=NN(c2ccccc2)C(=O)CC1)Nc1ccc([N+](=O)[O-])cc1Cl. The highest BCUT2D eigenvalue weighted by Gasteiger charge is 2.26. The summed E-state index contributed by atoms with van der Waals surface area (Å²) in [6, 6.07) is 12.2. The molecule has 1 N–H and O–H groups in total. The number of nitrogens with zero attached hydrogens (tertiary/aromatic N) is 3. The summed E-state index contributed by atoms with van der Waals surface area (Å²) in [5.74, 6) is -1.77. The molecule has 0 spiro atoms. The number of anilines is 2. The minimum absolute atomic E-state index is 0.0135. The summed E-state index contributed by atoms with van der Waals surface area (Å²) in [5.41, 5.74) is 0.439. The van der Waals surface area contributed by atoms with Gasteiger partial charge in [0.1, 0.15) is 5.71 Å². The second kappa shape index (κ2) is 9.14. The van der Waals surface area contributed by atoms with Gasteiger partial charge in [0.15, 0.2) is 6.61 Å². The number of hydrazone groups is 1. The van der Waals surface area contributed by atoms with Crippen molar-refractivity contribution < 1.29 is 24.0 Å². The van der Waals surface area contributed by atoms with Crippen LogP contribution in [0.5, 0.6) is 0 Å². The lowest BCUT2D eigenvalue weighted by Crippen LogP contribution is -2.35. The second-order valence-electron chi connectivity index (χ2n) is 6.13. The molecule has 0 unspecified atom stereocenters. The van der Waals surface area contributed by atoms with Crippen molar-refractivity contribution in [2.75, 3.05) is 16.9 Å². The predicted molar refractivity (Wildman–Crippen MR) is 108 cm³/mol. The van der Waals surface area contributed by atoms with Gasteiger partial charge in [-0.2, -0.15) is 5.10 Å². The minimum atomic E-state index is -0.826. The number of hydrogen-bond donors (Lipinski definition) is 1. The maximum absolute atomic E-state index is 12.3. The summed E-state index contributed by atoms with van der Waals surface area (Å²) in [6.45, 7) is -0.621. The van der Waals surface area contributed by atoms with E-state index in [1.807, 2.05) is 0 Å². The van der Waals surface area contributed by atoms with Gasteiger partial charge in [-0.15, -0.1) is 0 Å². The Labute approximate surface area is 175 Å². The van der Waals surface area contributed by atoms with E-state index < -0.39 is 23.4 Å². The van der Waals surface area contributed by atoms with Crippen LogP contribution >= 0.6 is 11.6 Å². The van der Waals surface area contributed by atoms with Gasteiger partial charge in [-0.05, 0) is 18.2 Å². The first-order valence-corrected chi connectivity index (χ1v) is 9.09.